The standard InChI is InChI=1S/C19H21N3O3.ClH/c1-2-25-17-10-6-5-9-16(17)22-12-13(11-18(22)23)19(24)21-15-8-4-3-7-14(15)20;/h3-10,13H,2,11-12,20H2,1H3,(H,21,24);1H. The van der Waals surface area contributed by atoms with Crippen molar-refractivity contribution in [2.75, 3.05) is 29.1 Å². The van der Waals surface area contributed by atoms with Gasteiger partial charge in [0.1, 0.15) is 5.75 Å². The number of benzene rings is 2. The summed E-state index contributed by atoms with van der Waals surface area (Å²) in [6.45, 7) is 2.72. The molecule has 0 radical (unpaired) electrons. The largest absolute Gasteiger partial charge is 0.492 e. The third-order valence-corrected chi connectivity index (χ3v) is 4.17. The highest BCUT2D eigenvalue weighted by Gasteiger charge is 2.36. The molecule has 1 unspecified atom stereocenters. The van der Waals surface area contributed by atoms with Crippen molar-refractivity contribution in [1.82, 2.24) is 0 Å². The first-order valence-electron chi connectivity index (χ1n) is 8.27. The van der Waals surface area contributed by atoms with E-state index >= 15 is 0 Å². The molecule has 1 saturated heterocycles. The van der Waals surface area contributed by atoms with E-state index in [0.717, 1.165) is 0 Å². The van der Waals surface area contributed by atoms with Crippen molar-refractivity contribution in [2.45, 2.75) is 13.3 Å². The van der Waals surface area contributed by atoms with Gasteiger partial charge in [0, 0.05) is 13.0 Å². The van der Waals surface area contributed by atoms with Crippen LogP contribution in [0.15, 0.2) is 48.5 Å². The Labute approximate surface area is 158 Å². The van der Waals surface area contributed by atoms with Gasteiger partial charge in [0.2, 0.25) is 11.8 Å². The summed E-state index contributed by atoms with van der Waals surface area (Å²) < 4.78 is 5.59. The number of para-hydroxylation sites is 4. The van der Waals surface area contributed by atoms with Gasteiger partial charge in [-0.05, 0) is 31.2 Å². The molecule has 1 fully saturated rings. The molecule has 138 valence electrons. The Morgan fingerprint density at radius 1 is 1.23 bits per heavy atom. The van der Waals surface area contributed by atoms with E-state index in [1.807, 2.05) is 31.2 Å². The highest BCUT2D eigenvalue weighted by atomic mass is 35.5. The summed E-state index contributed by atoms with van der Waals surface area (Å²) in [5, 5.41) is 2.81. The lowest BCUT2D eigenvalue weighted by Crippen LogP contribution is -2.28. The monoisotopic (exact) mass is 375 g/mol. The van der Waals surface area contributed by atoms with Gasteiger partial charge in [-0.3, -0.25) is 9.59 Å². The molecule has 3 rings (SSSR count). The number of anilines is 3. The van der Waals surface area contributed by atoms with Crippen LogP contribution in [0.25, 0.3) is 0 Å². The van der Waals surface area contributed by atoms with Crippen molar-refractivity contribution in [3.8, 4) is 5.75 Å². The van der Waals surface area contributed by atoms with Crippen LogP contribution >= 0.6 is 12.4 Å². The van der Waals surface area contributed by atoms with Crippen LogP contribution in [0.4, 0.5) is 17.1 Å². The van der Waals surface area contributed by atoms with E-state index < -0.39 is 5.92 Å². The zero-order valence-corrected chi connectivity index (χ0v) is 15.3. The Morgan fingerprint density at radius 2 is 1.92 bits per heavy atom. The van der Waals surface area contributed by atoms with E-state index in [2.05, 4.69) is 5.32 Å². The number of amides is 2. The third kappa shape index (κ3) is 4.08. The maximum Gasteiger partial charge on any atom is 0.229 e. The number of rotatable bonds is 5. The number of halogens is 1. The Balaban J connectivity index is 0.00000243. The zero-order valence-electron chi connectivity index (χ0n) is 14.5. The van der Waals surface area contributed by atoms with Crippen LogP contribution in [-0.4, -0.2) is 25.0 Å². The summed E-state index contributed by atoms with van der Waals surface area (Å²) in [6.07, 6.45) is 0.166. The summed E-state index contributed by atoms with van der Waals surface area (Å²) in [5.41, 5.74) is 7.62. The number of hydrogen-bond donors (Lipinski definition) is 2. The average Bonchev–Trinajstić information content (AvgIpc) is 2.99. The van der Waals surface area contributed by atoms with E-state index in [1.54, 1.807) is 29.2 Å². The van der Waals surface area contributed by atoms with Crippen molar-refractivity contribution < 1.29 is 14.3 Å². The van der Waals surface area contributed by atoms with Gasteiger partial charge < -0.3 is 20.7 Å². The first-order chi connectivity index (χ1) is 12.1. The first kappa shape index (κ1) is 19.6. The second-order valence-electron chi connectivity index (χ2n) is 5.88. The Kier molecular flexibility index (Phi) is 6.46. The molecular weight excluding hydrogens is 354 g/mol. The molecule has 2 aromatic carbocycles. The number of ether oxygens (including phenoxy) is 1. The van der Waals surface area contributed by atoms with Gasteiger partial charge >= 0.3 is 0 Å². The van der Waals surface area contributed by atoms with Gasteiger partial charge in [-0.2, -0.15) is 0 Å². The maximum absolute atomic E-state index is 12.5. The minimum absolute atomic E-state index is 0. The van der Waals surface area contributed by atoms with E-state index in [-0.39, 0.29) is 30.6 Å². The van der Waals surface area contributed by atoms with Crippen LogP contribution < -0.4 is 20.7 Å². The van der Waals surface area contributed by atoms with E-state index in [1.165, 1.54) is 0 Å². The van der Waals surface area contributed by atoms with Crippen LogP contribution in [0.3, 0.4) is 0 Å². The molecule has 1 aliphatic rings. The molecule has 0 aliphatic carbocycles. The van der Waals surface area contributed by atoms with Gasteiger partial charge in [-0.15, -0.1) is 12.4 Å². The van der Waals surface area contributed by atoms with Crippen molar-refractivity contribution >= 4 is 41.3 Å². The van der Waals surface area contributed by atoms with Crippen molar-refractivity contribution in [1.29, 1.82) is 0 Å². The molecular formula is C19H22ClN3O3. The number of nitrogens with two attached hydrogens (primary N) is 1. The molecule has 1 atom stereocenters. The molecule has 3 N–H and O–H groups in total. The van der Waals surface area contributed by atoms with Gasteiger partial charge in [-0.25, -0.2) is 0 Å². The lowest BCUT2D eigenvalue weighted by molar-refractivity contribution is -0.122. The van der Waals surface area contributed by atoms with Gasteiger partial charge in [0.15, 0.2) is 0 Å². The Bertz CT molecular complexity index is 797. The van der Waals surface area contributed by atoms with E-state index in [0.29, 0.717) is 36.0 Å². The van der Waals surface area contributed by atoms with Crippen molar-refractivity contribution in [3.63, 3.8) is 0 Å². The van der Waals surface area contributed by atoms with Crippen molar-refractivity contribution in [2.24, 2.45) is 5.92 Å². The zero-order chi connectivity index (χ0) is 17.8. The normalized spacial score (nSPS) is 16.1. The Hall–Kier alpha value is -2.73. The molecule has 2 amide bonds. The fourth-order valence-electron chi connectivity index (χ4n) is 2.92. The van der Waals surface area contributed by atoms with Crippen LogP contribution in [0, 0.1) is 5.92 Å². The molecule has 0 aromatic heterocycles. The second kappa shape index (κ2) is 8.58. The van der Waals surface area contributed by atoms with Crippen LogP contribution in [0.1, 0.15) is 13.3 Å². The molecule has 0 spiro atoms. The lowest BCUT2D eigenvalue weighted by atomic mass is 10.1. The first-order valence-corrected chi connectivity index (χ1v) is 8.27. The highest BCUT2D eigenvalue weighted by Crippen LogP contribution is 2.33. The molecule has 0 bridgehead atoms. The van der Waals surface area contributed by atoms with E-state index in [9.17, 15) is 9.59 Å². The van der Waals surface area contributed by atoms with E-state index in [4.69, 9.17) is 10.5 Å². The highest BCUT2D eigenvalue weighted by molar-refractivity contribution is 6.04. The summed E-state index contributed by atoms with van der Waals surface area (Å²) in [6, 6.07) is 14.4. The molecule has 2 aromatic rings. The van der Waals surface area contributed by atoms with Gasteiger partial charge in [-0.1, -0.05) is 24.3 Å². The SMILES string of the molecule is CCOc1ccccc1N1CC(C(=O)Nc2ccccc2N)CC1=O.Cl. The predicted molar refractivity (Wildman–Crippen MR) is 105 cm³/mol. The number of nitrogens with one attached hydrogen (secondary N) is 1. The second-order valence-corrected chi connectivity index (χ2v) is 5.88. The molecule has 1 heterocycles. The average molecular weight is 376 g/mol. The number of hydrogen-bond acceptors (Lipinski definition) is 4. The summed E-state index contributed by atoms with van der Waals surface area (Å²) in [7, 11) is 0. The number of carbonyl (C=O) groups excluding carboxylic acids is 2. The van der Waals surface area contributed by atoms with Crippen molar-refractivity contribution in [3.05, 3.63) is 48.5 Å². The molecule has 7 heteroatoms. The topological polar surface area (TPSA) is 84.7 Å². The molecule has 1 aliphatic heterocycles. The maximum atomic E-state index is 12.5. The predicted octanol–water partition coefficient (Wildman–Crippen LogP) is 3.08. The Morgan fingerprint density at radius 3 is 2.65 bits per heavy atom. The molecule has 6 nitrogen and oxygen atoms in total. The molecule has 26 heavy (non-hydrogen) atoms. The number of carbonyl (C=O) groups is 2. The summed E-state index contributed by atoms with van der Waals surface area (Å²) >= 11 is 0. The fraction of sp³-hybridized carbons (Fsp3) is 0.263. The fourth-order valence-corrected chi connectivity index (χ4v) is 2.92. The van der Waals surface area contributed by atoms with Crippen LogP contribution in [0.5, 0.6) is 5.75 Å². The summed E-state index contributed by atoms with van der Waals surface area (Å²) in [4.78, 5) is 26.6. The summed E-state index contributed by atoms with van der Waals surface area (Å²) in [5.74, 6) is -0.0792. The third-order valence-electron chi connectivity index (χ3n) is 4.17. The smallest absolute Gasteiger partial charge is 0.229 e. The number of nitrogens with zero attached hydrogens (tertiary/aromatic N) is 1. The van der Waals surface area contributed by atoms with Crippen LogP contribution in [-0.2, 0) is 9.59 Å². The molecule has 0 saturated carbocycles. The van der Waals surface area contributed by atoms with Gasteiger partial charge in [0.05, 0.1) is 29.6 Å². The van der Waals surface area contributed by atoms with Gasteiger partial charge in [0.25, 0.3) is 0 Å². The quantitative estimate of drug-likeness (QED) is 0.786. The number of nitrogen functional groups attached to an aromatic ring is 1. The lowest BCUT2D eigenvalue weighted by Gasteiger charge is -2.20. The minimum atomic E-state index is -0.429. The minimum Gasteiger partial charge on any atom is -0.492 e. The van der Waals surface area contributed by atoms with Crippen LogP contribution in [0.2, 0.25) is 0 Å².